The Morgan fingerprint density at radius 2 is 1.87 bits per heavy atom. The Kier molecular flexibility index (Phi) is 5.14. The Labute approximate surface area is 140 Å². The maximum Gasteiger partial charge on any atom is 0.264 e. The zero-order chi connectivity index (χ0) is 17.0. The number of ether oxygens (including phenoxy) is 1. The van der Waals surface area contributed by atoms with Gasteiger partial charge in [0.2, 0.25) is 0 Å². The van der Waals surface area contributed by atoms with Crippen LogP contribution in [0.2, 0.25) is 5.02 Å². The van der Waals surface area contributed by atoms with Gasteiger partial charge in [-0.25, -0.2) is 8.42 Å². The van der Waals surface area contributed by atoms with Crippen molar-refractivity contribution in [2.24, 2.45) is 0 Å². The molecule has 120 valence electrons. The molecule has 0 spiro atoms. The van der Waals surface area contributed by atoms with Gasteiger partial charge >= 0.3 is 0 Å². The van der Waals surface area contributed by atoms with Crippen LogP contribution in [0.5, 0.6) is 5.75 Å². The van der Waals surface area contributed by atoms with Gasteiger partial charge < -0.3 is 4.74 Å². The fraction of sp³-hybridized carbons (Fsp3) is 0.188. The molecule has 0 heterocycles. The first-order chi connectivity index (χ1) is 10.9. The summed E-state index contributed by atoms with van der Waals surface area (Å²) in [5.41, 5.74) is 1.33. The van der Waals surface area contributed by atoms with Crippen LogP contribution in [0, 0.1) is 11.3 Å². The number of hydrogen-bond acceptors (Lipinski definition) is 4. The van der Waals surface area contributed by atoms with Crippen molar-refractivity contribution in [2.75, 3.05) is 18.5 Å². The quantitative estimate of drug-likeness (QED) is 0.830. The Morgan fingerprint density at radius 1 is 1.22 bits per heavy atom. The lowest BCUT2D eigenvalue weighted by atomic mass is 10.1. The van der Waals surface area contributed by atoms with Crippen molar-refractivity contribution in [1.29, 1.82) is 5.26 Å². The number of methoxy groups -OCH3 is 1. The third-order valence-electron chi connectivity index (χ3n) is 3.36. The highest BCUT2D eigenvalue weighted by atomic mass is 35.5. The molecular formula is C16H15ClN2O3S. The van der Waals surface area contributed by atoms with Crippen molar-refractivity contribution < 1.29 is 13.2 Å². The first kappa shape index (κ1) is 17.1. The van der Waals surface area contributed by atoms with Crippen molar-refractivity contribution in [3.8, 4) is 11.8 Å². The molecule has 0 aliphatic carbocycles. The zero-order valence-electron chi connectivity index (χ0n) is 12.7. The van der Waals surface area contributed by atoms with E-state index in [9.17, 15) is 8.42 Å². The van der Waals surface area contributed by atoms with Gasteiger partial charge in [0.1, 0.15) is 5.75 Å². The van der Waals surface area contributed by atoms with Gasteiger partial charge in [-0.15, -0.1) is 0 Å². The van der Waals surface area contributed by atoms with Gasteiger partial charge in [0.25, 0.3) is 10.0 Å². The van der Waals surface area contributed by atoms with Crippen molar-refractivity contribution in [1.82, 2.24) is 0 Å². The molecule has 0 atom stereocenters. The molecule has 0 N–H and O–H groups in total. The number of nitriles is 1. The Hall–Kier alpha value is -2.23. The molecule has 2 aromatic carbocycles. The average Bonchev–Trinajstić information content (AvgIpc) is 2.55. The molecule has 5 nitrogen and oxygen atoms in total. The van der Waals surface area contributed by atoms with Gasteiger partial charge in [-0.2, -0.15) is 5.26 Å². The number of anilines is 1. The second-order valence-corrected chi connectivity index (χ2v) is 7.15. The van der Waals surface area contributed by atoms with Crippen LogP contribution in [0.1, 0.15) is 5.56 Å². The van der Waals surface area contributed by atoms with Crippen molar-refractivity contribution >= 4 is 27.3 Å². The van der Waals surface area contributed by atoms with Crippen molar-refractivity contribution in [2.45, 2.75) is 11.3 Å². The minimum atomic E-state index is -3.74. The summed E-state index contributed by atoms with van der Waals surface area (Å²) in [4.78, 5) is 0.0758. The molecule has 0 aromatic heterocycles. The van der Waals surface area contributed by atoms with E-state index in [1.807, 2.05) is 6.07 Å². The number of sulfonamides is 1. The van der Waals surface area contributed by atoms with Crippen LogP contribution < -0.4 is 9.04 Å². The highest BCUT2D eigenvalue weighted by Crippen LogP contribution is 2.29. The first-order valence-corrected chi connectivity index (χ1v) is 8.50. The molecule has 23 heavy (non-hydrogen) atoms. The van der Waals surface area contributed by atoms with E-state index in [-0.39, 0.29) is 16.3 Å². The van der Waals surface area contributed by atoms with Gasteiger partial charge in [0, 0.05) is 7.05 Å². The summed E-state index contributed by atoms with van der Waals surface area (Å²) in [5, 5.41) is 8.89. The van der Waals surface area contributed by atoms with E-state index in [4.69, 9.17) is 21.6 Å². The van der Waals surface area contributed by atoms with E-state index in [0.29, 0.717) is 11.4 Å². The van der Waals surface area contributed by atoms with E-state index in [0.717, 1.165) is 5.56 Å². The Morgan fingerprint density at radius 3 is 2.39 bits per heavy atom. The predicted octanol–water partition coefficient (Wildman–Crippen LogP) is 3.24. The maximum absolute atomic E-state index is 12.7. The highest BCUT2D eigenvalue weighted by Gasteiger charge is 2.22. The normalized spacial score (nSPS) is 10.9. The third-order valence-corrected chi connectivity index (χ3v) is 5.44. The van der Waals surface area contributed by atoms with Crippen LogP contribution in [0.4, 0.5) is 5.69 Å². The summed E-state index contributed by atoms with van der Waals surface area (Å²) >= 11 is 6.00. The lowest BCUT2D eigenvalue weighted by molar-refractivity contribution is 0.414. The van der Waals surface area contributed by atoms with E-state index >= 15 is 0 Å². The molecule has 0 saturated carbocycles. The standard InChI is InChI=1S/C16H15ClN2O3S/c1-19(13-5-3-12(4-6-13)9-10-18)23(20,21)14-7-8-16(22-2)15(17)11-14/h3-8,11H,9H2,1-2H3. The fourth-order valence-electron chi connectivity index (χ4n) is 2.02. The average molecular weight is 351 g/mol. The third kappa shape index (κ3) is 3.58. The fourth-order valence-corrected chi connectivity index (χ4v) is 3.56. The van der Waals surface area contributed by atoms with E-state index in [2.05, 4.69) is 0 Å². The number of nitrogens with zero attached hydrogens (tertiary/aromatic N) is 2. The summed E-state index contributed by atoms with van der Waals surface area (Å²) in [6, 6.07) is 13.1. The second-order valence-electron chi connectivity index (χ2n) is 4.77. The summed E-state index contributed by atoms with van der Waals surface area (Å²) in [7, 11) is -0.809. The topological polar surface area (TPSA) is 70.4 Å². The molecular weight excluding hydrogens is 336 g/mol. The molecule has 0 aliphatic rings. The summed E-state index contributed by atoms with van der Waals surface area (Å²) in [6.07, 6.45) is 0.283. The monoisotopic (exact) mass is 350 g/mol. The summed E-state index contributed by atoms with van der Waals surface area (Å²) < 4.78 is 31.5. The second kappa shape index (κ2) is 6.90. The molecule has 0 bridgehead atoms. The first-order valence-electron chi connectivity index (χ1n) is 6.68. The predicted molar refractivity (Wildman–Crippen MR) is 89.4 cm³/mol. The van der Waals surface area contributed by atoms with E-state index < -0.39 is 10.0 Å². The SMILES string of the molecule is COc1ccc(S(=O)(=O)N(C)c2ccc(CC#N)cc2)cc1Cl. The lowest BCUT2D eigenvalue weighted by Crippen LogP contribution is -2.26. The molecule has 0 unspecified atom stereocenters. The smallest absolute Gasteiger partial charge is 0.264 e. The van der Waals surface area contributed by atoms with E-state index in [1.165, 1.54) is 36.7 Å². The molecule has 0 radical (unpaired) electrons. The highest BCUT2D eigenvalue weighted by molar-refractivity contribution is 7.92. The minimum Gasteiger partial charge on any atom is -0.495 e. The van der Waals surface area contributed by atoms with Crippen LogP contribution in [0.3, 0.4) is 0 Å². The van der Waals surface area contributed by atoms with Gasteiger partial charge in [-0.1, -0.05) is 23.7 Å². The van der Waals surface area contributed by atoms with Gasteiger partial charge in [-0.3, -0.25) is 4.31 Å². The number of rotatable bonds is 5. The lowest BCUT2D eigenvalue weighted by Gasteiger charge is -2.20. The van der Waals surface area contributed by atoms with Crippen LogP contribution in [0.15, 0.2) is 47.4 Å². The van der Waals surface area contributed by atoms with Crippen molar-refractivity contribution in [3.05, 3.63) is 53.1 Å². The molecule has 0 saturated heterocycles. The summed E-state index contributed by atoms with van der Waals surface area (Å²) in [5.74, 6) is 0.411. The molecule has 0 fully saturated rings. The molecule has 7 heteroatoms. The number of benzene rings is 2. The molecule has 2 rings (SSSR count). The largest absolute Gasteiger partial charge is 0.495 e. The van der Waals surface area contributed by atoms with E-state index in [1.54, 1.807) is 24.3 Å². The maximum atomic E-state index is 12.7. The number of halogens is 1. The summed E-state index contributed by atoms with van der Waals surface area (Å²) in [6.45, 7) is 0. The Balaban J connectivity index is 2.35. The number of hydrogen-bond donors (Lipinski definition) is 0. The van der Waals surface area contributed by atoms with Gasteiger partial charge in [0.15, 0.2) is 0 Å². The van der Waals surface area contributed by atoms with Crippen LogP contribution in [0.25, 0.3) is 0 Å². The molecule has 0 amide bonds. The zero-order valence-corrected chi connectivity index (χ0v) is 14.2. The minimum absolute atomic E-state index is 0.0758. The van der Waals surface area contributed by atoms with Crippen molar-refractivity contribution in [3.63, 3.8) is 0 Å². The van der Waals surface area contributed by atoms with Crippen LogP contribution in [-0.4, -0.2) is 22.6 Å². The van der Waals surface area contributed by atoms with Gasteiger partial charge in [-0.05, 0) is 35.9 Å². The Bertz CT molecular complexity index is 843. The molecule has 2 aromatic rings. The van der Waals surface area contributed by atoms with Crippen LogP contribution in [-0.2, 0) is 16.4 Å². The van der Waals surface area contributed by atoms with Gasteiger partial charge in [0.05, 0.1) is 35.2 Å². The van der Waals surface area contributed by atoms with Crippen LogP contribution >= 0.6 is 11.6 Å². The molecule has 0 aliphatic heterocycles.